The summed E-state index contributed by atoms with van der Waals surface area (Å²) in [5.74, 6) is -1.03. The Bertz CT molecular complexity index is 301. The molecule has 4 heteroatoms. The summed E-state index contributed by atoms with van der Waals surface area (Å²) in [5.41, 5.74) is 0. The fraction of sp³-hybridized carbons (Fsp3) is 0.722. The number of aliphatic carboxylic acids is 1. The Morgan fingerprint density at radius 3 is 2.18 bits per heavy atom. The van der Waals surface area contributed by atoms with E-state index in [9.17, 15) is 15.0 Å². The molecule has 0 aliphatic carbocycles. The van der Waals surface area contributed by atoms with Crippen LogP contribution in [0.15, 0.2) is 24.3 Å². The number of carbonyl (C=O) groups is 1. The van der Waals surface area contributed by atoms with Crippen LogP contribution in [0.1, 0.15) is 77.6 Å². The van der Waals surface area contributed by atoms with Crippen molar-refractivity contribution in [2.24, 2.45) is 0 Å². The minimum absolute atomic E-state index is 0. The molecule has 0 aliphatic rings. The van der Waals surface area contributed by atoms with Gasteiger partial charge in [-0.1, -0.05) is 44.1 Å². The molecule has 1 N–H and O–H groups in total. The van der Waals surface area contributed by atoms with Gasteiger partial charge in [0, 0.05) is 5.97 Å². The van der Waals surface area contributed by atoms with Crippen LogP contribution in [0.5, 0.6) is 0 Å². The van der Waals surface area contributed by atoms with Crippen molar-refractivity contribution in [3.63, 3.8) is 0 Å². The monoisotopic (exact) mass is 334 g/mol. The van der Waals surface area contributed by atoms with E-state index in [1.807, 2.05) is 0 Å². The number of hydrogen-bond donors (Lipinski definition) is 1. The van der Waals surface area contributed by atoms with Crippen LogP contribution in [-0.2, 0) is 4.79 Å². The van der Waals surface area contributed by atoms with Crippen molar-refractivity contribution in [2.75, 3.05) is 0 Å². The Morgan fingerprint density at radius 2 is 1.59 bits per heavy atom. The smallest absolute Gasteiger partial charge is 0.550 e. The van der Waals surface area contributed by atoms with E-state index in [2.05, 4.69) is 31.2 Å². The predicted molar refractivity (Wildman–Crippen MR) is 85.8 cm³/mol. The molecule has 0 aromatic rings. The summed E-state index contributed by atoms with van der Waals surface area (Å²) in [7, 11) is 0. The summed E-state index contributed by atoms with van der Waals surface area (Å²) in [6.07, 6.45) is 18.2. The average Bonchev–Trinajstić information content (AvgIpc) is 2.44. The molecular weight excluding hydrogens is 303 g/mol. The summed E-state index contributed by atoms with van der Waals surface area (Å²) < 4.78 is 0. The Balaban J connectivity index is 0. The SMILES string of the molecule is CCCCC/C=C\C/C=C\CCCC(O)CCCC(=O)[O-].[K+]. The zero-order chi connectivity index (χ0) is 15.8. The molecular formula is C18H31KO3. The maximum Gasteiger partial charge on any atom is 1.00 e. The van der Waals surface area contributed by atoms with Crippen LogP contribution in [-0.4, -0.2) is 17.2 Å². The molecule has 0 aliphatic heterocycles. The molecule has 0 fully saturated rings. The van der Waals surface area contributed by atoms with Gasteiger partial charge >= 0.3 is 51.4 Å². The normalized spacial score (nSPS) is 12.6. The van der Waals surface area contributed by atoms with Crippen LogP contribution < -0.4 is 56.5 Å². The molecule has 22 heavy (non-hydrogen) atoms. The molecule has 0 saturated heterocycles. The fourth-order valence-electron chi connectivity index (χ4n) is 2.12. The van der Waals surface area contributed by atoms with E-state index in [-0.39, 0.29) is 63.9 Å². The summed E-state index contributed by atoms with van der Waals surface area (Å²) in [6.45, 7) is 2.22. The van der Waals surface area contributed by atoms with Crippen molar-refractivity contribution in [3.05, 3.63) is 24.3 Å². The Kier molecular flexibility index (Phi) is 22.1. The van der Waals surface area contributed by atoms with E-state index < -0.39 is 5.97 Å². The second kappa shape index (κ2) is 19.6. The molecule has 0 amide bonds. The molecule has 0 rings (SSSR count). The number of carboxylic acids is 1. The molecule has 0 bridgehead atoms. The fourth-order valence-corrected chi connectivity index (χ4v) is 2.12. The van der Waals surface area contributed by atoms with Crippen molar-refractivity contribution in [2.45, 2.75) is 83.7 Å². The van der Waals surface area contributed by atoms with E-state index >= 15 is 0 Å². The van der Waals surface area contributed by atoms with Crippen molar-refractivity contribution in [1.29, 1.82) is 0 Å². The standard InChI is InChI=1S/C18H32O3.K/c1-2-3-4-5-6-7-8-9-10-11-12-14-17(19)15-13-16-18(20)21;/h6-7,9-10,17,19H,2-5,8,11-16H2,1H3,(H,20,21);/q;+1/p-1/b7-6-,10-9-;. The van der Waals surface area contributed by atoms with Crippen molar-refractivity contribution in [1.82, 2.24) is 0 Å². The molecule has 0 radical (unpaired) electrons. The molecule has 122 valence electrons. The first-order chi connectivity index (χ1) is 10.2. The third kappa shape index (κ3) is 20.5. The van der Waals surface area contributed by atoms with Crippen LogP contribution in [0.4, 0.5) is 0 Å². The Labute approximate surface area is 178 Å². The minimum atomic E-state index is -1.03. The van der Waals surface area contributed by atoms with Gasteiger partial charge < -0.3 is 15.0 Å². The maximum absolute atomic E-state index is 10.2. The largest absolute Gasteiger partial charge is 1.00 e. The summed E-state index contributed by atoms with van der Waals surface area (Å²) >= 11 is 0. The quantitative estimate of drug-likeness (QED) is 0.286. The van der Waals surface area contributed by atoms with Crippen LogP contribution in [0, 0.1) is 0 Å². The van der Waals surface area contributed by atoms with Crippen molar-refractivity contribution >= 4 is 5.97 Å². The Morgan fingerprint density at radius 1 is 1.00 bits per heavy atom. The molecule has 1 unspecified atom stereocenters. The number of aliphatic hydroxyl groups is 1. The molecule has 3 nitrogen and oxygen atoms in total. The van der Waals surface area contributed by atoms with Crippen LogP contribution >= 0.6 is 0 Å². The van der Waals surface area contributed by atoms with Crippen LogP contribution in [0.25, 0.3) is 0 Å². The molecule has 0 aromatic heterocycles. The minimum Gasteiger partial charge on any atom is -0.550 e. The van der Waals surface area contributed by atoms with Gasteiger partial charge in [-0.3, -0.25) is 0 Å². The van der Waals surface area contributed by atoms with Gasteiger partial charge in [0.15, 0.2) is 0 Å². The number of aliphatic hydroxyl groups excluding tert-OH is 1. The van der Waals surface area contributed by atoms with Gasteiger partial charge in [0.2, 0.25) is 0 Å². The van der Waals surface area contributed by atoms with Crippen molar-refractivity contribution < 1.29 is 66.4 Å². The van der Waals surface area contributed by atoms with E-state index in [0.29, 0.717) is 12.8 Å². The van der Waals surface area contributed by atoms with Gasteiger partial charge in [0.1, 0.15) is 0 Å². The van der Waals surface area contributed by atoms with E-state index in [0.717, 1.165) is 25.7 Å². The number of rotatable bonds is 14. The predicted octanol–water partition coefficient (Wildman–Crippen LogP) is 0.525. The first-order valence-corrected chi connectivity index (χ1v) is 8.34. The maximum atomic E-state index is 10.2. The van der Waals surface area contributed by atoms with Gasteiger partial charge in [-0.15, -0.1) is 0 Å². The molecule has 0 heterocycles. The summed E-state index contributed by atoms with van der Waals surface area (Å²) in [6, 6.07) is 0. The second-order valence-corrected chi connectivity index (χ2v) is 5.52. The first-order valence-electron chi connectivity index (χ1n) is 8.34. The van der Waals surface area contributed by atoms with Gasteiger partial charge in [0.05, 0.1) is 6.10 Å². The second-order valence-electron chi connectivity index (χ2n) is 5.52. The van der Waals surface area contributed by atoms with E-state index in [1.54, 1.807) is 0 Å². The van der Waals surface area contributed by atoms with E-state index in [1.165, 1.54) is 25.7 Å². The zero-order valence-electron chi connectivity index (χ0n) is 14.4. The average molecular weight is 335 g/mol. The Hall–Kier alpha value is 0.546. The van der Waals surface area contributed by atoms with Gasteiger partial charge in [-0.05, 0) is 57.8 Å². The molecule has 1 atom stereocenters. The topological polar surface area (TPSA) is 60.4 Å². The van der Waals surface area contributed by atoms with Crippen LogP contribution in [0.2, 0.25) is 0 Å². The zero-order valence-corrected chi connectivity index (χ0v) is 17.6. The van der Waals surface area contributed by atoms with Gasteiger partial charge in [0.25, 0.3) is 0 Å². The van der Waals surface area contributed by atoms with Crippen LogP contribution in [0.3, 0.4) is 0 Å². The summed E-state index contributed by atoms with van der Waals surface area (Å²) in [5, 5.41) is 19.9. The van der Waals surface area contributed by atoms with Crippen molar-refractivity contribution in [3.8, 4) is 0 Å². The number of carboxylic acid groups (broad SMARTS) is 1. The van der Waals surface area contributed by atoms with Gasteiger partial charge in [-0.25, -0.2) is 0 Å². The third-order valence-electron chi connectivity index (χ3n) is 3.41. The molecule has 0 spiro atoms. The third-order valence-corrected chi connectivity index (χ3v) is 3.41. The number of carbonyl (C=O) groups excluding carboxylic acids is 1. The number of hydrogen-bond acceptors (Lipinski definition) is 3. The van der Waals surface area contributed by atoms with Gasteiger partial charge in [-0.2, -0.15) is 0 Å². The number of allylic oxidation sites excluding steroid dienone is 4. The number of unbranched alkanes of at least 4 members (excludes halogenated alkanes) is 4. The summed E-state index contributed by atoms with van der Waals surface area (Å²) in [4.78, 5) is 10.2. The molecule has 0 aromatic carbocycles. The molecule has 0 saturated carbocycles. The van der Waals surface area contributed by atoms with E-state index in [4.69, 9.17) is 0 Å². The first kappa shape index (κ1) is 24.8.